The van der Waals surface area contributed by atoms with E-state index >= 15 is 0 Å². The maximum Gasteiger partial charge on any atom is 0.322 e. The smallest absolute Gasteiger partial charge is 0.322 e. The van der Waals surface area contributed by atoms with Gasteiger partial charge in [0, 0.05) is 7.05 Å². The highest BCUT2D eigenvalue weighted by atomic mass is 16.6. The number of hydrogen-bond acceptors (Lipinski definition) is 7. The van der Waals surface area contributed by atoms with Crippen LogP contribution in [0.4, 0.5) is 6.01 Å². The van der Waals surface area contributed by atoms with Crippen molar-refractivity contribution < 1.29 is 18.7 Å². The molecule has 9 nitrogen and oxygen atoms in total. The number of aromatic nitrogens is 4. The summed E-state index contributed by atoms with van der Waals surface area (Å²) in [5.74, 6) is 0.962. The highest BCUT2D eigenvalue weighted by molar-refractivity contribution is 5.93. The molecule has 134 valence electrons. The number of rotatable bonds is 3. The molecular weight excluding hydrogens is 338 g/mol. The molecule has 4 rings (SSSR count). The first kappa shape index (κ1) is 16.1. The van der Waals surface area contributed by atoms with Crippen molar-refractivity contribution >= 4 is 11.9 Å². The summed E-state index contributed by atoms with van der Waals surface area (Å²) in [6, 6.07) is 8.99. The summed E-state index contributed by atoms with van der Waals surface area (Å²) >= 11 is 0. The van der Waals surface area contributed by atoms with Gasteiger partial charge in [0.1, 0.15) is 11.8 Å². The SMILES string of the molecule is Cc1cc(-c2nnc(NC(=O)[C@H]3Oc4ccccc4O[C@H]3C)o2)n(C)n1. The van der Waals surface area contributed by atoms with E-state index in [0.717, 1.165) is 5.69 Å². The van der Waals surface area contributed by atoms with Gasteiger partial charge in [-0.15, -0.1) is 5.10 Å². The number of amides is 1. The lowest BCUT2D eigenvalue weighted by atomic mass is 10.1. The van der Waals surface area contributed by atoms with Crippen LogP contribution in [0.1, 0.15) is 12.6 Å². The van der Waals surface area contributed by atoms with Crippen LogP contribution < -0.4 is 14.8 Å². The molecule has 3 heterocycles. The van der Waals surface area contributed by atoms with Crippen LogP contribution in [-0.4, -0.2) is 38.1 Å². The molecule has 1 amide bonds. The van der Waals surface area contributed by atoms with E-state index < -0.39 is 18.1 Å². The van der Waals surface area contributed by atoms with Crippen molar-refractivity contribution in [3.63, 3.8) is 0 Å². The molecule has 9 heteroatoms. The van der Waals surface area contributed by atoms with E-state index in [1.165, 1.54) is 0 Å². The van der Waals surface area contributed by atoms with Gasteiger partial charge in [-0.25, -0.2) is 0 Å². The van der Waals surface area contributed by atoms with Crippen molar-refractivity contribution in [1.82, 2.24) is 20.0 Å². The molecule has 2 atom stereocenters. The normalized spacial score (nSPS) is 18.6. The first-order chi connectivity index (χ1) is 12.5. The number of ether oxygens (including phenoxy) is 2. The third-order valence-corrected chi connectivity index (χ3v) is 3.98. The van der Waals surface area contributed by atoms with Gasteiger partial charge < -0.3 is 13.9 Å². The first-order valence-corrected chi connectivity index (χ1v) is 8.09. The number of carbonyl (C=O) groups is 1. The minimum Gasteiger partial charge on any atom is -0.482 e. The number of anilines is 1. The Bertz CT molecular complexity index is 964. The third-order valence-electron chi connectivity index (χ3n) is 3.98. The van der Waals surface area contributed by atoms with Crippen LogP contribution in [0, 0.1) is 6.92 Å². The number of para-hydroxylation sites is 2. The fourth-order valence-corrected chi connectivity index (χ4v) is 2.77. The number of aryl methyl sites for hydroxylation is 2. The maximum absolute atomic E-state index is 12.5. The lowest BCUT2D eigenvalue weighted by molar-refractivity contribution is -0.128. The van der Waals surface area contributed by atoms with Crippen LogP contribution in [0.2, 0.25) is 0 Å². The molecule has 1 aromatic carbocycles. The molecule has 3 aromatic rings. The lowest BCUT2D eigenvalue weighted by Gasteiger charge is -2.30. The average Bonchev–Trinajstić information content (AvgIpc) is 3.19. The fourth-order valence-electron chi connectivity index (χ4n) is 2.77. The second kappa shape index (κ2) is 6.17. The Morgan fingerprint density at radius 3 is 2.62 bits per heavy atom. The number of hydrogen-bond donors (Lipinski definition) is 1. The number of nitrogens with zero attached hydrogens (tertiary/aromatic N) is 4. The van der Waals surface area contributed by atoms with Gasteiger partial charge in [-0.2, -0.15) is 5.10 Å². The summed E-state index contributed by atoms with van der Waals surface area (Å²) in [4.78, 5) is 12.5. The Balaban J connectivity index is 1.50. The zero-order valence-corrected chi connectivity index (χ0v) is 14.5. The Labute approximate surface area is 148 Å². The quantitative estimate of drug-likeness (QED) is 0.765. The highest BCUT2D eigenvalue weighted by Crippen LogP contribution is 2.33. The summed E-state index contributed by atoms with van der Waals surface area (Å²) in [5, 5.41) is 14.6. The highest BCUT2D eigenvalue weighted by Gasteiger charge is 2.34. The molecule has 0 saturated carbocycles. The van der Waals surface area contributed by atoms with Crippen molar-refractivity contribution in [3.05, 3.63) is 36.0 Å². The summed E-state index contributed by atoms with van der Waals surface area (Å²) in [6.45, 7) is 3.63. The molecule has 0 bridgehead atoms. The fraction of sp³-hybridized carbons (Fsp3) is 0.294. The third kappa shape index (κ3) is 2.87. The number of carbonyl (C=O) groups excluding carboxylic acids is 1. The Kier molecular flexibility index (Phi) is 3.83. The van der Waals surface area contributed by atoms with Gasteiger partial charge >= 0.3 is 6.01 Å². The van der Waals surface area contributed by atoms with Gasteiger partial charge in [0.25, 0.3) is 11.8 Å². The second-order valence-electron chi connectivity index (χ2n) is 6.00. The molecule has 0 fully saturated rings. The largest absolute Gasteiger partial charge is 0.482 e. The van der Waals surface area contributed by atoms with Crippen LogP contribution in [0.5, 0.6) is 11.5 Å². The maximum atomic E-state index is 12.5. The van der Waals surface area contributed by atoms with E-state index in [1.54, 1.807) is 30.8 Å². The lowest BCUT2D eigenvalue weighted by Crippen LogP contribution is -2.46. The van der Waals surface area contributed by atoms with Gasteiger partial charge in [0.05, 0.1) is 5.69 Å². The van der Waals surface area contributed by atoms with Crippen LogP contribution >= 0.6 is 0 Å². The minimum absolute atomic E-state index is 0.0153. The van der Waals surface area contributed by atoms with E-state index in [-0.39, 0.29) is 11.9 Å². The van der Waals surface area contributed by atoms with Crippen molar-refractivity contribution in [3.8, 4) is 23.1 Å². The van der Waals surface area contributed by atoms with Crippen molar-refractivity contribution in [2.45, 2.75) is 26.1 Å². The number of benzene rings is 1. The summed E-state index contributed by atoms with van der Waals surface area (Å²) in [6.07, 6.45) is -1.30. The van der Waals surface area contributed by atoms with Crippen molar-refractivity contribution in [2.24, 2.45) is 7.05 Å². The van der Waals surface area contributed by atoms with Gasteiger partial charge in [-0.05, 0) is 32.0 Å². The van der Waals surface area contributed by atoms with Gasteiger partial charge in [-0.1, -0.05) is 17.2 Å². The average molecular weight is 355 g/mol. The number of nitrogens with one attached hydrogen (secondary N) is 1. The summed E-state index contributed by atoms with van der Waals surface area (Å²) in [7, 11) is 1.77. The molecule has 0 spiro atoms. The van der Waals surface area contributed by atoms with Crippen LogP contribution in [0.3, 0.4) is 0 Å². The topological polar surface area (TPSA) is 104 Å². The Morgan fingerprint density at radius 2 is 1.92 bits per heavy atom. The second-order valence-corrected chi connectivity index (χ2v) is 6.00. The molecular formula is C17H17N5O4. The van der Waals surface area contributed by atoms with Crippen molar-refractivity contribution in [2.75, 3.05) is 5.32 Å². The summed E-state index contributed by atoms with van der Waals surface area (Å²) < 4.78 is 18.6. The van der Waals surface area contributed by atoms with Gasteiger partial charge in [-0.3, -0.25) is 14.8 Å². The van der Waals surface area contributed by atoms with Crippen molar-refractivity contribution in [1.29, 1.82) is 0 Å². The predicted molar refractivity (Wildman–Crippen MR) is 90.8 cm³/mol. The molecule has 1 aliphatic heterocycles. The van der Waals surface area contributed by atoms with Crippen LogP contribution in [0.25, 0.3) is 11.6 Å². The van der Waals surface area contributed by atoms with Crippen LogP contribution in [0.15, 0.2) is 34.7 Å². The standard InChI is InChI=1S/C17H17N5O4/c1-9-8-11(22(3)21-9)16-19-20-17(26-16)18-15(23)14-10(2)24-12-6-4-5-7-13(12)25-14/h4-8,10,14H,1-3H3,(H,18,20,23)/t10-,14-/m0/s1. The van der Waals surface area contributed by atoms with Gasteiger partial charge in [0.2, 0.25) is 6.10 Å². The van der Waals surface area contributed by atoms with E-state index in [1.807, 2.05) is 25.1 Å². The molecule has 0 radical (unpaired) electrons. The molecule has 26 heavy (non-hydrogen) atoms. The van der Waals surface area contributed by atoms with E-state index in [2.05, 4.69) is 20.6 Å². The molecule has 0 aliphatic carbocycles. The molecule has 1 aliphatic rings. The molecule has 1 N–H and O–H groups in total. The van der Waals surface area contributed by atoms with Crippen LogP contribution in [-0.2, 0) is 11.8 Å². The monoisotopic (exact) mass is 355 g/mol. The molecule has 2 aromatic heterocycles. The van der Waals surface area contributed by atoms with E-state index in [0.29, 0.717) is 17.2 Å². The van der Waals surface area contributed by atoms with E-state index in [9.17, 15) is 4.79 Å². The predicted octanol–water partition coefficient (Wildman–Crippen LogP) is 1.95. The molecule has 0 saturated heterocycles. The first-order valence-electron chi connectivity index (χ1n) is 8.09. The zero-order valence-electron chi connectivity index (χ0n) is 14.5. The van der Waals surface area contributed by atoms with Gasteiger partial charge in [0.15, 0.2) is 11.5 Å². The Hall–Kier alpha value is -3.36. The Morgan fingerprint density at radius 1 is 1.19 bits per heavy atom. The minimum atomic E-state index is -0.834. The summed E-state index contributed by atoms with van der Waals surface area (Å²) in [5.41, 5.74) is 1.49. The zero-order chi connectivity index (χ0) is 18.3. The molecule has 0 unspecified atom stereocenters. The number of fused-ring (bicyclic) bond motifs is 1. The van der Waals surface area contributed by atoms with E-state index in [4.69, 9.17) is 13.9 Å².